The highest BCUT2D eigenvalue weighted by molar-refractivity contribution is 6.30. The average Bonchev–Trinajstić information content (AvgIpc) is 2.32. The van der Waals surface area contributed by atoms with Gasteiger partial charge in [-0.1, -0.05) is 25.4 Å². The van der Waals surface area contributed by atoms with Crippen molar-refractivity contribution in [2.24, 2.45) is 0 Å². The van der Waals surface area contributed by atoms with Crippen molar-refractivity contribution in [1.82, 2.24) is 15.3 Å². The quantitative estimate of drug-likeness (QED) is 0.648. The van der Waals surface area contributed by atoms with Crippen LogP contribution < -0.4 is 10.6 Å². The van der Waals surface area contributed by atoms with Crippen LogP contribution in [0.1, 0.15) is 38.2 Å². The van der Waals surface area contributed by atoms with E-state index in [9.17, 15) is 9.59 Å². The number of hydrogen-bond donors (Lipinski definition) is 2. The molecule has 0 radical (unpaired) electrons. The van der Waals surface area contributed by atoms with Gasteiger partial charge in [0.1, 0.15) is 23.3 Å². The maximum atomic E-state index is 11.7. The number of imide groups is 1. The molecule has 1 atom stereocenters. The molecule has 6 nitrogen and oxygen atoms in total. The van der Waals surface area contributed by atoms with Gasteiger partial charge in [0, 0.05) is 12.0 Å². The first-order valence-electron chi connectivity index (χ1n) is 6.09. The van der Waals surface area contributed by atoms with Gasteiger partial charge in [-0.3, -0.25) is 14.9 Å². The Bertz CT molecular complexity index is 518. The molecular formula is C12H15ClN4O2. The van der Waals surface area contributed by atoms with E-state index in [1.807, 2.05) is 13.8 Å². The van der Waals surface area contributed by atoms with Gasteiger partial charge >= 0.3 is 0 Å². The summed E-state index contributed by atoms with van der Waals surface area (Å²) in [6.45, 7) is 3.94. The van der Waals surface area contributed by atoms with E-state index >= 15 is 0 Å². The zero-order valence-electron chi connectivity index (χ0n) is 10.7. The van der Waals surface area contributed by atoms with Crippen LogP contribution in [0.2, 0.25) is 5.15 Å². The summed E-state index contributed by atoms with van der Waals surface area (Å²) in [5.74, 6) is 0.0996. The molecule has 1 aliphatic rings. The lowest BCUT2D eigenvalue weighted by Gasteiger charge is -2.24. The zero-order chi connectivity index (χ0) is 14.0. The topological polar surface area (TPSA) is 84.0 Å². The van der Waals surface area contributed by atoms with Gasteiger partial charge < -0.3 is 5.32 Å². The molecule has 2 N–H and O–H groups in total. The Balaban J connectivity index is 2.22. The number of aromatic nitrogens is 2. The average molecular weight is 283 g/mol. The van der Waals surface area contributed by atoms with Gasteiger partial charge in [0.15, 0.2) is 0 Å². The molecule has 2 amide bonds. The first kappa shape index (κ1) is 13.7. The second-order valence-corrected chi connectivity index (χ2v) is 5.09. The van der Waals surface area contributed by atoms with Crippen LogP contribution in [-0.4, -0.2) is 27.8 Å². The van der Waals surface area contributed by atoms with Crippen LogP contribution >= 0.6 is 11.6 Å². The van der Waals surface area contributed by atoms with E-state index in [-0.39, 0.29) is 17.7 Å². The fourth-order valence-electron chi connectivity index (χ4n) is 2.00. The molecule has 0 saturated carbocycles. The molecular weight excluding hydrogens is 268 g/mol. The van der Waals surface area contributed by atoms with Crippen molar-refractivity contribution in [2.45, 2.75) is 38.6 Å². The summed E-state index contributed by atoms with van der Waals surface area (Å²) in [5.41, 5.74) is 0.772. The number of hydrogen-bond acceptors (Lipinski definition) is 5. The highest BCUT2D eigenvalue weighted by Gasteiger charge is 2.28. The van der Waals surface area contributed by atoms with Crippen molar-refractivity contribution < 1.29 is 9.59 Å². The first-order valence-corrected chi connectivity index (χ1v) is 6.47. The molecule has 1 aromatic rings. The van der Waals surface area contributed by atoms with Crippen molar-refractivity contribution in [3.8, 4) is 0 Å². The fraction of sp³-hybridized carbons (Fsp3) is 0.500. The number of nitrogens with zero attached hydrogens (tertiary/aromatic N) is 2. The third-order valence-corrected chi connectivity index (χ3v) is 3.26. The van der Waals surface area contributed by atoms with E-state index in [4.69, 9.17) is 11.6 Å². The van der Waals surface area contributed by atoms with Crippen LogP contribution in [0.25, 0.3) is 0 Å². The number of piperidine rings is 1. The van der Waals surface area contributed by atoms with Gasteiger partial charge in [-0.15, -0.1) is 0 Å². The normalized spacial score (nSPS) is 19.5. The molecule has 2 heterocycles. The van der Waals surface area contributed by atoms with Crippen molar-refractivity contribution in [1.29, 1.82) is 0 Å². The Hall–Kier alpha value is -1.69. The lowest BCUT2D eigenvalue weighted by atomic mass is 10.0. The van der Waals surface area contributed by atoms with Crippen LogP contribution in [0.15, 0.2) is 6.33 Å². The molecule has 1 unspecified atom stereocenters. The van der Waals surface area contributed by atoms with Gasteiger partial charge in [0.2, 0.25) is 11.8 Å². The molecule has 0 spiro atoms. The van der Waals surface area contributed by atoms with E-state index in [1.165, 1.54) is 6.33 Å². The molecule has 0 aliphatic carbocycles. The summed E-state index contributed by atoms with van der Waals surface area (Å²) >= 11 is 6.06. The summed E-state index contributed by atoms with van der Waals surface area (Å²) in [4.78, 5) is 30.9. The summed E-state index contributed by atoms with van der Waals surface area (Å²) in [7, 11) is 0. The molecule has 1 fully saturated rings. The van der Waals surface area contributed by atoms with Gasteiger partial charge in [-0.25, -0.2) is 9.97 Å². The Morgan fingerprint density at radius 2 is 2.16 bits per heavy atom. The number of carbonyl (C=O) groups is 2. The number of amides is 2. The van der Waals surface area contributed by atoms with Gasteiger partial charge in [0.05, 0.1) is 0 Å². The van der Waals surface area contributed by atoms with Crippen LogP contribution in [0.3, 0.4) is 0 Å². The Kier molecular flexibility index (Phi) is 3.99. The first-order chi connectivity index (χ1) is 8.99. The Morgan fingerprint density at radius 3 is 2.79 bits per heavy atom. The van der Waals surface area contributed by atoms with E-state index < -0.39 is 6.04 Å². The van der Waals surface area contributed by atoms with E-state index in [2.05, 4.69) is 20.6 Å². The molecule has 0 bridgehead atoms. The summed E-state index contributed by atoms with van der Waals surface area (Å²) in [6.07, 6.45) is 2.12. The van der Waals surface area contributed by atoms with Crippen LogP contribution in [0, 0.1) is 0 Å². The molecule has 1 aliphatic heterocycles. The number of carbonyl (C=O) groups excluding carboxylic acids is 2. The SMILES string of the molecule is CC(C)c1c(Cl)ncnc1NC1CCC(=O)NC1=O. The Morgan fingerprint density at radius 1 is 1.42 bits per heavy atom. The van der Waals surface area contributed by atoms with E-state index in [0.717, 1.165) is 5.56 Å². The maximum Gasteiger partial charge on any atom is 0.249 e. The summed E-state index contributed by atoms with van der Waals surface area (Å²) in [6, 6.07) is -0.471. The number of nitrogens with one attached hydrogen (secondary N) is 2. The molecule has 2 rings (SSSR count). The van der Waals surface area contributed by atoms with Crippen LogP contribution in [-0.2, 0) is 9.59 Å². The molecule has 1 saturated heterocycles. The highest BCUT2D eigenvalue weighted by atomic mass is 35.5. The third kappa shape index (κ3) is 3.01. The zero-order valence-corrected chi connectivity index (χ0v) is 11.5. The molecule has 102 valence electrons. The lowest BCUT2D eigenvalue weighted by molar-refractivity contribution is -0.133. The van der Waals surface area contributed by atoms with Crippen molar-refractivity contribution >= 4 is 29.2 Å². The van der Waals surface area contributed by atoms with Crippen molar-refractivity contribution in [2.75, 3.05) is 5.32 Å². The maximum absolute atomic E-state index is 11.7. The molecule has 0 aromatic carbocycles. The van der Waals surface area contributed by atoms with E-state index in [0.29, 0.717) is 23.8 Å². The molecule has 7 heteroatoms. The van der Waals surface area contributed by atoms with Gasteiger partial charge in [-0.2, -0.15) is 0 Å². The largest absolute Gasteiger partial charge is 0.358 e. The number of anilines is 1. The predicted molar refractivity (Wildman–Crippen MR) is 70.9 cm³/mol. The number of rotatable bonds is 3. The predicted octanol–water partition coefficient (Wildman–Crippen LogP) is 1.47. The monoisotopic (exact) mass is 282 g/mol. The number of halogens is 1. The summed E-state index contributed by atoms with van der Waals surface area (Å²) < 4.78 is 0. The molecule has 1 aromatic heterocycles. The van der Waals surface area contributed by atoms with Gasteiger partial charge in [0.25, 0.3) is 0 Å². The van der Waals surface area contributed by atoms with E-state index in [1.54, 1.807) is 0 Å². The minimum Gasteiger partial charge on any atom is -0.358 e. The standard InChI is InChI=1S/C12H15ClN4O2/c1-6(2)9-10(13)14-5-15-11(9)16-7-3-4-8(18)17-12(7)19/h5-7H,3-4H2,1-2H3,(H,14,15,16)(H,17,18,19). The second-order valence-electron chi connectivity index (χ2n) is 4.73. The minimum absolute atomic E-state index is 0.129. The smallest absolute Gasteiger partial charge is 0.249 e. The van der Waals surface area contributed by atoms with Crippen LogP contribution in [0.5, 0.6) is 0 Å². The lowest BCUT2D eigenvalue weighted by Crippen LogP contribution is -2.47. The minimum atomic E-state index is -0.471. The van der Waals surface area contributed by atoms with Gasteiger partial charge in [-0.05, 0) is 12.3 Å². The highest BCUT2D eigenvalue weighted by Crippen LogP contribution is 2.28. The van der Waals surface area contributed by atoms with Crippen molar-refractivity contribution in [3.63, 3.8) is 0 Å². The molecule has 19 heavy (non-hydrogen) atoms. The third-order valence-electron chi connectivity index (χ3n) is 2.96. The fourth-order valence-corrected chi connectivity index (χ4v) is 2.35. The summed E-state index contributed by atoms with van der Waals surface area (Å²) in [5, 5.41) is 5.71. The Labute approximate surface area is 116 Å². The van der Waals surface area contributed by atoms with Crippen molar-refractivity contribution in [3.05, 3.63) is 17.0 Å². The van der Waals surface area contributed by atoms with Crippen LogP contribution in [0.4, 0.5) is 5.82 Å². The second kappa shape index (κ2) is 5.52.